The van der Waals surface area contributed by atoms with Crippen LogP contribution in [0.4, 0.5) is 0 Å². The molecule has 1 aliphatic rings. The fourth-order valence-corrected chi connectivity index (χ4v) is 13.7. The van der Waals surface area contributed by atoms with E-state index in [9.17, 15) is 0 Å². The van der Waals surface area contributed by atoms with Crippen LogP contribution in [0.3, 0.4) is 0 Å². The highest BCUT2D eigenvalue weighted by Gasteiger charge is 2.33. The maximum atomic E-state index is 7.47. The predicted molar refractivity (Wildman–Crippen MR) is 418 cm³/mol. The van der Waals surface area contributed by atoms with Crippen LogP contribution in [0.15, 0.2) is 110 Å². The molecule has 0 N–H and O–H groups in total. The number of hydrogen-bond acceptors (Lipinski definition) is 9. The van der Waals surface area contributed by atoms with Crippen molar-refractivity contribution >= 4 is 0 Å². The molecule has 0 spiro atoms. The van der Waals surface area contributed by atoms with Crippen molar-refractivity contribution in [1.29, 1.82) is 0 Å². The van der Waals surface area contributed by atoms with Gasteiger partial charge < -0.3 is 42.1 Å². The number of rotatable bonds is 15. The van der Waals surface area contributed by atoms with Crippen molar-refractivity contribution in [2.75, 3.05) is 0 Å². The highest BCUT2D eigenvalue weighted by atomic mass is 16.5. The zero-order valence-corrected chi connectivity index (χ0v) is 67.1. The molecule has 102 heavy (non-hydrogen) atoms. The average Bonchev–Trinajstić information content (AvgIpc) is 1.64. The summed E-state index contributed by atoms with van der Waals surface area (Å²) in [5.41, 5.74) is 18.7. The van der Waals surface area contributed by atoms with Gasteiger partial charge in [0.2, 0.25) is 0 Å². The van der Waals surface area contributed by atoms with Gasteiger partial charge in [-0.15, -0.1) is 0 Å². The van der Waals surface area contributed by atoms with Crippen molar-refractivity contribution in [3.05, 3.63) is 228 Å². The van der Waals surface area contributed by atoms with E-state index in [4.69, 9.17) is 43.4 Å². The van der Waals surface area contributed by atoms with E-state index in [2.05, 4.69) is 239 Å². The molecule has 546 valence electrons. The summed E-state index contributed by atoms with van der Waals surface area (Å²) in [5.74, 6) is 7.58. The molecule has 0 saturated heterocycles. The minimum absolute atomic E-state index is 0.154. The lowest BCUT2D eigenvalue weighted by molar-refractivity contribution is 0.237. The number of benzene rings is 6. The second kappa shape index (κ2) is 29.5. The summed E-state index contributed by atoms with van der Waals surface area (Å²) in [4.78, 5) is 14.5. The van der Waals surface area contributed by atoms with Crippen LogP contribution in [0.1, 0.15) is 284 Å². The van der Waals surface area contributed by atoms with Crippen LogP contribution in [-0.2, 0) is 112 Å². The van der Waals surface area contributed by atoms with E-state index >= 15 is 0 Å². The van der Waals surface area contributed by atoms with Gasteiger partial charge in [-0.05, 0) is 174 Å². The first-order chi connectivity index (χ1) is 47.5. The Labute approximate surface area is 612 Å². The minimum atomic E-state index is -0.256. The van der Waals surface area contributed by atoms with Crippen LogP contribution in [0, 0.1) is 0 Å². The minimum Gasteiger partial charge on any atom is -0.490 e. The summed E-state index contributed by atoms with van der Waals surface area (Å²) in [5, 5.41) is 0. The lowest BCUT2D eigenvalue weighted by Gasteiger charge is -2.30. The molecular weight excluding hydrogens is 1260 g/mol. The van der Waals surface area contributed by atoms with E-state index in [-0.39, 0.29) is 70.6 Å². The fourth-order valence-electron chi connectivity index (χ4n) is 13.7. The molecule has 12 nitrogen and oxygen atoms in total. The van der Waals surface area contributed by atoms with E-state index in [0.717, 1.165) is 119 Å². The van der Waals surface area contributed by atoms with Gasteiger partial charge in [-0.1, -0.05) is 197 Å². The maximum Gasteiger partial charge on any atom is 0.146 e. The molecule has 6 aromatic carbocycles. The highest BCUT2D eigenvalue weighted by Crippen LogP contribution is 2.47. The van der Waals surface area contributed by atoms with Crippen LogP contribution < -0.4 is 28.4 Å². The molecule has 12 bridgehead atoms. The van der Waals surface area contributed by atoms with E-state index in [1.807, 2.05) is 72.0 Å². The number of aromatic nitrogens is 6. The molecule has 0 fully saturated rings. The number of imidazole rings is 3. The van der Waals surface area contributed by atoms with Gasteiger partial charge in [0, 0.05) is 96.8 Å². The van der Waals surface area contributed by atoms with Gasteiger partial charge in [-0.25, -0.2) is 15.0 Å². The molecule has 10 rings (SSSR count). The quantitative estimate of drug-likeness (QED) is 0.0991. The molecule has 0 atom stereocenters. The first kappa shape index (κ1) is 76.4. The Bertz CT molecular complexity index is 3870. The number of aryl methyl sites for hydroxylation is 3. The molecule has 0 aliphatic heterocycles. The lowest BCUT2D eigenvalue weighted by Crippen LogP contribution is -2.19. The Morgan fingerprint density at radius 2 is 0.431 bits per heavy atom. The van der Waals surface area contributed by atoms with E-state index < -0.39 is 0 Å². The third-order valence-electron chi connectivity index (χ3n) is 19.8. The molecule has 0 unspecified atom stereocenters. The number of hydrogen-bond donors (Lipinski definition) is 0. The van der Waals surface area contributed by atoms with Crippen LogP contribution >= 0.6 is 0 Å². The standard InChI is InChI=1S/C90H120N6O6/c1-55(2)100-82-64-34-58-40-70(85(7,8)9)42-60(79(58)97-52-76-91-28-31-94(76)25)36-66-48-74(89(19,20)21)50-68(83(66)101-56(3)4)38-62-44-72(87(13,14)15)45-63(81(62)99-54-78-93-30-33-96(78)27)39-69-51-75(90(22,23)24)49-67(84(69)102-57(5)6)37-61-43-71(86(10,11)12)41-59(35-65(82)47-73(46-64)88(16,17)18)80(61)98-53-77-92-29-32-95(77)26/h28-33,40-51,55-57H,34-39,52-54H2,1-27H3. The Morgan fingerprint density at radius 1 is 0.275 bits per heavy atom. The summed E-state index contributed by atoms with van der Waals surface area (Å²) in [6.45, 7) is 55.4. The second-order valence-corrected chi connectivity index (χ2v) is 36.0. The topological polar surface area (TPSA) is 109 Å². The summed E-state index contributed by atoms with van der Waals surface area (Å²) in [7, 11) is 6.11. The molecule has 0 radical (unpaired) electrons. The van der Waals surface area contributed by atoms with Crippen molar-refractivity contribution in [2.24, 2.45) is 21.1 Å². The Hall–Kier alpha value is -8.25. The van der Waals surface area contributed by atoms with Gasteiger partial charge in [-0.3, -0.25) is 0 Å². The van der Waals surface area contributed by atoms with Gasteiger partial charge in [0.1, 0.15) is 71.8 Å². The monoisotopic (exact) mass is 1380 g/mol. The predicted octanol–water partition coefficient (Wildman–Crippen LogP) is 20.6. The average molecular weight is 1380 g/mol. The van der Waals surface area contributed by atoms with Crippen LogP contribution in [-0.4, -0.2) is 47.0 Å². The van der Waals surface area contributed by atoms with Gasteiger partial charge in [0.05, 0.1) is 18.3 Å². The summed E-state index contributed by atoms with van der Waals surface area (Å²) in [6.07, 6.45) is 14.2. The van der Waals surface area contributed by atoms with Crippen molar-refractivity contribution in [3.63, 3.8) is 0 Å². The molecule has 9 aromatic rings. The zero-order valence-electron chi connectivity index (χ0n) is 67.1. The van der Waals surface area contributed by atoms with Gasteiger partial charge in [0.15, 0.2) is 0 Å². The Morgan fingerprint density at radius 3 is 0.559 bits per heavy atom. The summed E-state index contributed by atoms with van der Waals surface area (Å²) < 4.78 is 50.7. The summed E-state index contributed by atoms with van der Waals surface area (Å²) >= 11 is 0. The van der Waals surface area contributed by atoms with E-state index in [1.54, 1.807) is 0 Å². The molecule has 1 aliphatic carbocycles. The van der Waals surface area contributed by atoms with E-state index in [1.165, 1.54) is 33.4 Å². The maximum absolute atomic E-state index is 7.47. The SMILES string of the molecule is CC(C)Oc1c2cc(C(C)(C)C)cc1Cc1cc(C(C)(C)C)cc(c1OCc1nccn1C)Cc1cc(C(C)(C)C)cc(c1OC(C)C)Cc1cc(C(C)(C)C)cc(c1OCc1nccn1C)Cc1cc(C(C)(C)C)cc(c1OC(C)C)Cc1cc(C(C)(C)C)cc(c1OCc1nccn1C)C2. The molecule has 3 heterocycles. The molecule has 12 heteroatoms. The van der Waals surface area contributed by atoms with Crippen molar-refractivity contribution in [2.45, 2.75) is 275 Å². The van der Waals surface area contributed by atoms with Crippen molar-refractivity contribution in [3.8, 4) is 34.5 Å². The normalized spacial score (nSPS) is 13.6. The van der Waals surface area contributed by atoms with Crippen molar-refractivity contribution < 1.29 is 28.4 Å². The first-order valence-electron chi connectivity index (χ1n) is 37.2. The van der Waals surface area contributed by atoms with Gasteiger partial charge in [-0.2, -0.15) is 0 Å². The van der Waals surface area contributed by atoms with Crippen LogP contribution in [0.5, 0.6) is 34.5 Å². The summed E-state index contributed by atoms with van der Waals surface area (Å²) in [6, 6.07) is 28.9. The third kappa shape index (κ3) is 18.0. The second-order valence-electron chi connectivity index (χ2n) is 36.0. The third-order valence-corrected chi connectivity index (χ3v) is 19.8. The number of fused-ring (bicyclic) bond motifs is 12. The number of nitrogens with zero attached hydrogens (tertiary/aromatic N) is 6. The van der Waals surface area contributed by atoms with Crippen LogP contribution in [0.25, 0.3) is 0 Å². The smallest absolute Gasteiger partial charge is 0.146 e. The Kier molecular flexibility index (Phi) is 22.1. The van der Waals surface area contributed by atoms with Crippen molar-refractivity contribution in [1.82, 2.24) is 28.7 Å². The van der Waals surface area contributed by atoms with E-state index in [0.29, 0.717) is 38.5 Å². The zero-order chi connectivity index (χ0) is 74.5. The molecule has 3 aromatic heterocycles. The molecule has 0 saturated carbocycles. The first-order valence-corrected chi connectivity index (χ1v) is 37.2. The molecular formula is C90H120N6O6. The molecule has 0 amide bonds. The lowest BCUT2D eigenvalue weighted by atomic mass is 9.79. The largest absolute Gasteiger partial charge is 0.490 e. The van der Waals surface area contributed by atoms with Gasteiger partial charge in [0.25, 0.3) is 0 Å². The van der Waals surface area contributed by atoms with Crippen LogP contribution in [0.2, 0.25) is 0 Å². The highest BCUT2D eigenvalue weighted by molar-refractivity contribution is 5.62. The van der Waals surface area contributed by atoms with Gasteiger partial charge >= 0.3 is 0 Å². The Balaban J connectivity index is 1.39. The fraction of sp³-hybridized carbons (Fsp3) is 0.500. The number of ether oxygens (including phenoxy) is 6.